The molecule has 0 saturated heterocycles. The highest BCUT2D eigenvalue weighted by molar-refractivity contribution is 5.98. The lowest BCUT2D eigenvalue weighted by Crippen LogP contribution is -2.53. The van der Waals surface area contributed by atoms with E-state index < -0.39 is 59.1 Å². The van der Waals surface area contributed by atoms with Crippen LogP contribution in [0, 0.1) is 11.3 Å². The number of alkyl carbamates (subject to hydrolysis) is 2. The van der Waals surface area contributed by atoms with E-state index in [1.165, 1.54) is 0 Å². The van der Waals surface area contributed by atoms with Gasteiger partial charge in [0.25, 0.3) is 0 Å². The third-order valence-corrected chi connectivity index (χ3v) is 9.08. The van der Waals surface area contributed by atoms with Crippen LogP contribution in [0.2, 0.25) is 0 Å². The molecule has 3 atom stereocenters. The number of rotatable bonds is 14. The molecular formula is C41H52N4O8. The molecule has 4 amide bonds. The Bertz CT molecular complexity index is 1750. The van der Waals surface area contributed by atoms with Gasteiger partial charge in [-0.15, -0.1) is 0 Å². The maximum Gasteiger partial charge on any atom is 0.407 e. The number of aliphatic carboxylic acids is 1. The van der Waals surface area contributed by atoms with Crippen LogP contribution in [0.15, 0.2) is 72.8 Å². The molecular weight excluding hydrogens is 676 g/mol. The molecule has 53 heavy (non-hydrogen) atoms. The van der Waals surface area contributed by atoms with Gasteiger partial charge in [0.2, 0.25) is 11.8 Å². The Morgan fingerprint density at radius 2 is 1.30 bits per heavy atom. The predicted octanol–water partition coefficient (Wildman–Crippen LogP) is 6.63. The van der Waals surface area contributed by atoms with Crippen molar-refractivity contribution in [3.8, 4) is 11.1 Å². The van der Waals surface area contributed by atoms with Crippen LogP contribution in [0.25, 0.3) is 11.1 Å². The monoisotopic (exact) mass is 728 g/mol. The third kappa shape index (κ3) is 11.1. The fourth-order valence-electron chi connectivity index (χ4n) is 6.28. The fraction of sp³-hybridized carbons (Fsp3) is 0.439. The molecule has 5 N–H and O–H groups in total. The number of anilines is 1. The van der Waals surface area contributed by atoms with E-state index in [2.05, 4.69) is 33.4 Å². The molecule has 4 rings (SSSR count). The molecule has 1 aliphatic rings. The molecule has 3 aromatic carbocycles. The van der Waals surface area contributed by atoms with Crippen LogP contribution in [0.3, 0.4) is 0 Å². The zero-order valence-corrected chi connectivity index (χ0v) is 31.7. The smallest absolute Gasteiger partial charge is 0.407 e. The van der Waals surface area contributed by atoms with Crippen LogP contribution in [0.1, 0.15) is 84.4 Å². The molecule has 0 fully saturated rings. The van der Waals surface area contributed by atoms with Gasteiger partial charge < -0.3 is 35.8 Å². The van der Waals surface area contributed by atoms with E-state index in [1.807, 2.05) is 36.4 Å². The summed E-state index contributed by atoms with van der Waals surface area (Å²) in [5.74, 6) is -2.41. The van der Waals surface area contributed by atoms with Gasteiger partial charge in [0.15, 0.2) is 0 Å². The summed E-state index contributed by atoms with van der Waals surface area (Å²) in [7, 11) is 0. The van der Waals surface area contributed by atoms with E-state index in [4.69, 9.17) is 9.47 Å². The van der Waals surface area contributed by atoms with Crippen molar-refractivity contribution in [1.82, 2.24) is 16.0 Å². The lowest BCUT2D eigenvalue weighted by molar-refractivity contribution is -0.147. The van der Waals surface area contributed by atoms with E-state index in [1.54, 1.807) is 79.7 Å². The number of fused-ring (bicyclic) bond motifs is 3. The average molecular weight is 729 g/mol. The Morgan fingerprint density at radius 3 is 1.83 bits per heavy atom. The van der Waals surface area contributed by atoms with E-state index in [-0.39, 0.29) is 24.9 Å². The maximum atomic E-state index is 13.3. The van der Waals surface area contributed by atoms with E-state index >= 15 is 0 Å². The average Bonchev–Trinajstić information content (AvgIpc) is 3.39. The zero-order chi connectivity index (χ0) is 39.1. The van der Waals surface area contributed by atoms with Crippen LogP contribution in [-0.4, -0.2) is 65.4 Å². The Morgan fingerprint density at radius 1 is 0.736 bits per heavy atom. The molecule has 1 aliphatic carbocycles. The highest BCUT2D eigenvalue weighted by Gasteiger charge is 2.33. The fourth-order valence-corrected chi connectivity index (χ4v) is 6.28. The number of ether oxygens (including phenoxy) is 2. The molecule has 3 unspecified atom stereocenters. The van der Waals surface area contributed by atoms with Gasteiger partial charge in [-0.25, -0.2) is 9.59 Å². The Hall–Kier alpha value is -5.39. The minimum atomic E-state index is -1.10. The number of nitrogens with one attached hydrogen (secondary N) is 4. The summed E-state index contributed by atoms with van der Waals surface area (Å²) in [5, 5.41) is 20.6. The first-order valence-electron chi connectivity index (χ1n) is 17.9. The lowest BCUT2D eigenvalue weighted by atomic mass is 9.84. The van der Waals surface area contributed by atoms with Crippen molar-refractivity contribution >= 4 is 35.7 Å². The second kappa shape index (κ2) is 17.0. The number of carboxylic acid groups (broad SMARTS) is 1. The molecule has 0 aromatic heterocycles. The summed E-state index contributed by atoms with van der Waals surface area (Å²) in [6.45, 7) is 13.7. The zero-order valence-electron chi connectivity index (χ0n) is 31.7. The lowest BCUT2D eigenvalue weighted by Gasteiger charge is -2.28. The molecule has 284 valence electrons. The van der Waals surface area contributed by atoms with Crippen LogP contribution in [0.5, 0.6) is 0 Å². The van der Waals surface area contributed by atoms with E-state index in [0.29, 0.717) is 12.1 Å². The van der Waals surface area contributed by atoms with Crippen LogP contribution < -0.4 is 21.3 Å². The van der Waals surface area contributed by atoms with Gasteiger partial charge in [-0.1, -0.05) is 74.5 Å². The highest BCUT2D eigenvalue weighted by atomic mass is 16.6. The molecule has 0 aliphatic heterocycles. The molecule has 12 nitrogen and oxygen atoms in total. The van der Waals surface area contributed by atoms with Crippen molar-refractivity contribution in [1.29, 1.82) is 0 Å². The molecule has 12 heteroatoms. The summed E-state index contributed by atoms with van der Waals surface area (Å²) in [6.07, 6.45) is -0.890. The number of hydrogen-bond donors (Lipinski definition) is 5. The number of amides is 4. The summed E-state index contributed by atoms with van der Waals surface area (Å²) in [4.78, 5) is 63.7. The topological polar surface area (TPSA) is 172 Å². The molecule has 3 aromatic rings. The van der Waals surface area contributed by atoms with Crippen molar-refractivity contribution in [2.75, 3.05) is 11.9 Å². The highest BCUT2D eigenvalue weighted by Crippen LogP contribution is 2.44. The number of benzene rings is 3. The maximum absolute atomic E-state index is 13.3. The van der Waals surface area contributed by atoms with Crippen molar-refractivity contribution in [2.45, 2.75) is 97.9 Å². The summed E-state index contributed by atoms with van der Waals surface area (Å²) >= 11 is 0. The third-order valence-electron chi connectivity index (χ3n) is 9.08. The van der Waals surface area contributed by atoms with Crippen molar-refractivity contribution in [2.24, 2.45) is 11.3 Å². The van der Waals surface area contributed by atoms with Gasteiger partial charge in [-0.2, -0.15) is 0 Å². The Kier molecular flexibility index (Phi) is 12.9. The van der Waals surface area contributed by atoms with Crippen LogP contribution in [-0.2, 0) is 30.3 Å². The molecule has 0 bridgehead atoms. The number of carboxylic acids is 1. The standard InChI is InChI=1S/C41H52N4O8/c1-24(2)34(45-38(50)52-23-33-31-15-11-9-13-29(31)30-14-10-12-16-32(30)33)36(47)42-25(3)35(46)43-27-19-17-26(18-20-27)21-28(22-41(7,8)37(48)49)44-39(51)53-40(4,5)6/h9-20,24-25,28,33-34H,21-23H2,1-8H3,(H,42,47)(H,43,46)(H,44,51)(H,45,50)(H,48,49). The van der Waals surface area contributed by atoms with Crippen molar-refractivity contribution in [3.05, 3.63) is 89.5 Å². The first kappa shape index (κ1) is 40.4. The first-order chi connectivity index (χ1) is 24.8. The van der Waals surface area contributed by atoms with Gasteiger partial charge in [-0.05, 0) is 100 Å². The molecule has 0 saturated carbocycles. The normalized spacial score (nSPS) is 14.2. The van der Waals surface area contributed by atoms with E-state index in [9.17, 15) is 29.1 Å². The predicted molar refractivity (Wildman–Crippen MR) is 202 cm³/mol. The van der Waals surface area contributed by atoms with Crippen molar-refractivity contribution in [3.63, 3.8) is 0 Å². The summed E-state index contributed by atoms with van der Waals surface area (Å²) in [6, 6.07) is 20.5. The van der Waals surface area contributed by atoms with Gasteiger partial charge in [0.1, 0.15) is 24.3 Å². The Balaban J connectivity index is 1.31. The Labute approximate surface area is 311 Å². The second-order valence-electron chi connectivity index (χ2n) is 15.5. The first-order valence-corrected chi connectivity index (χ1v) is 17.9. The molecule has 0 radical (unpaired) electrons. The van der Waals surface area contributed by atoms with Crippen molar-refractivity contribution < 1.29 is 38.6 Å². The molecule has 0 heterocycles. The van der Waals surface area contributed by atoms with Gasteiger partial charge >= 0.3 is 18.2 Å². The minimum Gasteiger partial charge on any atom is -0.481 e. The quantitative estimate of drug-likeness (QED) is 0.123. The van der Waals surface area contributed by atoms with Crippen LogP contribution in [0.4, 0.5) is 15.3 Å². The van der Waals surface area contributed by atoms with Crippen LogP contribution >= 0.6 is 0 Å². The van der Waals surface area contributed by atoms with Gasteiger partial charge in [0, 0.05) is 17.6 Å². The van der Waals surface area contributed by atoms with Gasteiger partial charge in [0.05, 0.1) is 5.41 Å². The SMILES string of the molecule is CC(NC(=O)C(NC(=O)OCC1c2ccccc2-c2ccccc21)C(C)C)C(=O)Nc1ccc(CC(CC(C)(C)C(=O)O)NC(=O)OC(C)(C)C)cc1. The van der Waals surface area contributed by atoms with Gasteiger partial charge in [-0.3, -0.25) is 14.4 Å². The number of carbonyl (C=O) groups excluding carboxylic acids is 4. The second-order valence-corrected chi connectivity index (χ2v) is 15.5. The van der Waals surface area contributed by atoms with E-state index in [0.717, 1.165) is 27.8 Å². The summed E-state index contributed by atoms with van der Waals surface area (Å²) in [5.41, 5.74) is 3.82. The molecule has 0 spiro atoms. The summed E-state index contributed by atoms with van der Waals surface area (Å²) < 4.78 is 11.0. The minimum absolute atomic E-state index is 0.102. The number of carbonyl (C=O) groups is 5. The number of hydrogen-bond acceptors (Lipinski definition) is 7. The largest absolute Gasteiger partial charge is 0.481 e.